The number of hydrogen-bond donors (Lipinski definition) is 0. The maximum Gasteiger partial charge on any atom is 0.00298 e. The Morgan fingerprint density at radius 3 is 2.74 bits per heavy atom. The summed E-state index contributed by atoms with van der Waals surface area (Å²) in [6.07, 6.45) is 9.76. The van der Waals surface area contributed by atoms with E-state index in [0.29, 0.717) is 0 Å². The van der Waals surface area contributed by atoms with Crippen molar-refractivity contribution in [1.29, 1.82) is 0 Å². The minimum absolute atomic E-state index is 0.258. The highest BCUT2D eigenvalue weighted by molar-refractivity contribution is 6.69. The molecule has 0 nitrogen and oxygen atoms in total. The Morgan fingerprint density at radius 2 is 1.91 bits per heavy atom. The van der Waals surface area contributed by atoms with E-state index in [9.17, 15) is 0 Å². The maximum absolute atomic E-state index is 2.55. The second-order valence-corrected chi connectivity index (χ2v) is 11.5. The molecule has 4 fully saturated rings. The lowest BCUT2D eigenvalue weighted by atomic mass is 9.50. The Kier molecular flexibility index (Phi) is 3.14. The minimum Gasteiger partial charge on any atom is -0.0831 e. The van der Waals surface area contributed by atoms with E-state index in [1.54, 1.807) is 22.3 Å². The van der Waals surface area contributed by atoms with Crippen LogP contribution in [0, 0.1) is 23.7 Å². The van der Waals surface area contributed by atoms with E-state index in [-0.39, 0.29) is 8.41 Å². The Bertz CT molecular complexity index is 734. The molecule has 5 unspecified atom stereocenters. The monoisotopic (exact) mass is 320 g/mol. The van der Waals surface area contributed by atoms with Gasteiger partial charge in [0.05, 0.1) is 0 Å². The standard InChI is InChI=1S/C22H28Si/c1-13-7-15-5-4-6-18(19(15)8-13)21-16-9-14-10-17(12-16)22(23(2)3)20(21)11-14/h4-6,8,14,16-17,20-21H,7,9-12H2,1-3H3. The summed E-state index contributed by atoms with van der Waals surface area (Å²) in [4.78, 5) is 0. The van der Waals surface area contributed by atoms with Crippen LogP contribution >= 0.6 is 0 Å². The Labute approximate surface area is 142 Å². The first-order valence-electron chi connectivity index (χ1n) is 9.58. The third-order valence-corrected chi connectivity index (χ3v) is 9.17. The number of fused-ring (bicyclic) bond motifs is 1. The summed E-state index contributed by atoms with van der Waals surface area (Å²) in [5.74, 6) is 4.81. The van der Waals surface area contributed by atoms with E-state index >= 15 is 0 Å². The molecule has 1 aromatic rings. The van der Waals surface area contributed by atoms with Gasteiger partial charge in [0.25, 0.3) is 0 Å². The number of hydrogen-bond acceptors (Lipinski definition) is 0. The fourth-order valence-corrected chi connectivity index (χ4v) is 8.87. The van der Waals surface area contributed by atoms with Crippen molar-refractivity contribution in [1.82, 2.24) is 0 Å². The highest BCUT2D eigenvalue weighted by Gasteiger charge is 2.51. The average molecular weight is 321 g/mol. The van der Waals surface area contributed by atoms with Crippen molar-refractivity contribution in [3.8, 4) is 0 Å². The number of rotatable bonds is 1. The Hall–Kier alpha value is -0.953. The molecule has 1 heteroatoms. The van der Waals surface area contributed by atoms with Crippen LogP contribution < -0.4 is 0 Å². The predicted octanol–water partition coefficient (Wildman–Crippen LogP) is 5.30. The highest BCUT2D eigenvalue weighted by Crippen LogP contribution is 2.59. The van der Waals surface area contributed by atoms with Crippen LogP contribution in [0.5, 0.6) is 0 Å². The van der Waals surface area contributed by atoms with E-state index < -0.39 is 0 Å². The molecule has 23 heavy (non-hydrogen) atoms. The van der Waals surface area contributed by atoms with Gasteiger partial charge in [-0.15, -0.1) is 0 Å². The molecule has 0 radical (unpaired) electrons. The molecule has 6 rings (SSSR count). The van der Waals surface area contributed by atoms with Gasteiger partial charge >= 0.3 is 0 Å². The first-order valence-corrected chi connectivity index (χ1v) is 12.1. The first-order chi connectivity index (χ1) is 11.1. The summed E-state index contributed by atoms with van der Waals surface area (Å²) in [6.45, 7) is 7.41. The molecule has 4 saturated carbocycles. The maximum atomic E-state index is 2.55. The van der Waals surface area contributed by atoms with E-state index in [1.165, 1.54) is 32.1 Å². The number of benzene rings is 1. The van der Waals surface area contributed by atoms with Gasteiger partial charge in [0.1, 0.15) is 0 Å². The first kappa shape index (κ1) is 14.4. The van der Waals surface area contributed by atoms with Crippen LogP contribution in [0.4, 0.5) is 0 Å². The van der Waals surface area contributed by atoms with Crippen LogP contribution in [-0.4, -0.2) is 13.6 Å². The minimum atomic E-state index is -0.258. The summed E-state index contributed by atoms with van der Waals surface area (Å²) in [6, 6.07) is 7.19. The molecule has 120 valence electrons. The molecule has 0 aromatic heterocycles. The molecule has 0 heterocycles. The largest absolute Gasteiger partial charge is 0.0831 e. The summed E-state index contributed by atoms with van der Waals surface area (Å²) in [7, 11) is -0.258. The lowest BCUT2D eigenvalue weighted by molar-refractivity contribution is 0.0851. The normalized spacial score (nSPS) is 37.1. The predicted molar refractivity (Wildman–Crippen MR) is 101 cm³/mol. The van der Waals surface area contributed by atoms with Crippen LogP contribution in [0.25, 0.3) is 6.08 Å². The Balaban J connectivity index is 1.65. The third kappa shape index (κ3) is 2.05. The molecular weight excluding hydrogens is 292 g/mol. The van der Waals surface area contributed by atoms with Gasteiger partial charge in [0, 0.05) is 8.41 Å². The molecule has 5 aliphatic carbocycles. The van der Waals surface area contributed by atoms with Crippen LogP contribution in [0.2, 0.25) is 13.1 Å². The second kappa shape index (κ2) is 5.02. The van der Waals surface area contributed by atoms with Crippen molar-refractivity contribution in [2.24, 2.45) is 23.7 Å². The zero-order valence-corrected chi connectivity index (χ0v) is 15.7. The summed E-state index contributed by atoms with van der Waals surface area (Å²) in [5.41, 5.74) is 6.47. The molecule has 0 N–H and O–H groups in total. The van der Waals surface area contributed by atoms with Gasteiger partial charge in [0.2, 0.25) is 0 Å². The molecule has 0 saturated heterocycles. The molecule has 0 amide bonds. The summed E-state index contributed by atoms with van der Waals surface area (Å²) < 4.78 is 0. The van der Waals surface area contributed by atoms with Gasteiger partial charge in [-0.2, -0.15) is 0 Å². The highest BCUT2D eigenvalue weighted by atomic mass is 28.2. The topological polar surface area (TPSA) is 0 Å². The fourth-order valence-electron chi connectivity index (χ4n) is 6.78. The van der Waals surface area contributed by atoms with Crippen molar-refractivity contribution in [2.75, 3.05) is 0 Å². The fraction of sp³-hybridized carbons (Fsp3) is 0.591. The van der Waals surface area contributed by atoms with Crippen LogP contribution in [0.15, 0.2) is 23.8 Å². The second-order valence-electron chi connectivity index (χ2n) is 8.94. The molecule has 1 aromatic carbocycles. The summed E-state index contributed by atoms with van der Waals surface area (Å²) >= 11 is 0. The lowest BCUT2D eigenvalue weighted by Crippen LogP contribution is -2.52. The Morgan fingerprint density at radius 1 is 1.04 bits per heavy atom. The van der Waals surface area contributed by atoms with Crippen molar-refractivity contribution in [3.05, 3.63) is 40.5 Å². The van der Waals surface area contributed by atoms with E-state index in [1.807, 2.05) is 5.17 Å². The van der Waals surface area contributed by atoms with Gasteiger partial charge in [0.15, 0.2) is 0 Å². The smallest absolute Gasteiger partial charge is 0.00298 e. The SMILES string of the molecule is CC1=Cc2c(cccc2C2C3CC4CC(C3)C(=[Si](C)C)C2C4)C1. The molecule has 4 bridgehead atoms. The zero-order chi connectivity index (χ0) is 15.7. The van der Waals surface area contributed by atoms with Gasteiger partial charge in [-0.3, -0.25) is 0 Å². The van der Waals surface area contributed by atoms with Crippen LogP contribution in [0.3, 0.4) is 0 Å². The lowest BCUT2D eigenvalue weighted by Gasteiger charge is -2.57. The van der Waals surface area contributed by atoms with Crippen molar-refractivity contribution >= 4 is 19.7 Å². The zero-order valence-electron chi connectivity index (χ0n) is 14.7. The third-order valence-electron chi connectivity index (χ3n) is 7.24. The van der Waals surface area contributed by atoms with Crippen LogP contribution in [0.1, 0.15) is 55.2 Å². The van der Waals surface area contributed by atoms with Crippen molar-refractivity contribution in [2.45, 2.75) is 58.0 Å². The quantitative estimate of drug-likeness (QED) is 0.616. The number of allylic oxidation sites excluding steroid dienone is 1. The van der Waals surface area contributed by atoms with E-state index in [2.05, 4.69) is 44.3 Å². The van der Waals surface area contributed by atoms with Gasteiger partial charge < -0.3 is 0 Å². The molecule has 5 atom stereocenters. The molecule has 5 aliphatic rings. The van der Waals surface area contributed by atoms with Crippen molar-refractivity contribution in [3.63, 3.8) is 0 Å². The van der Waals surface area contributed by atoms with Gasteiger partial charge in [-0.1, -0.05) is 48.1 Å². The molecular formula is C22H28Si. The van der Waals surface area contributed by atoms with Gasteiger partial charge in [-0.05, 0) is 85.3 Å². The van der Waals surface area contributed by atoms with Crippen molar-refractivity contribution < 1.29 is 0 Å². The summed E-state index contributed by atoms with van der Waals surface area (Å²) in [5, 5.41) is 2.04. The molecule has 0 aliphatic heterocycles. The molecule has 0 spiro atoms. The van der Waals surface area contributed by atoms with E-state index in [0.717, 1.165) is 29.6 Å². The van der Waals surface area contributed by atoms with Crippen LogP contribution in [-0.2, 0) is 6.42 Å². The van der Waals surface area contributed by atoms with Gasteiger partial charge in [-0.25, -0.2) is 0 Å². The van der Waals surface area contributed by atoms with E-state index in [4.69, 9.17) is 0 Å². The average Bonchev–Trinajstić information content (AvgIpc) is 2.87.